The fraction of sp³-hybridized carbons (Fsp3) is 0.227. The van der Waals surface area contributed by atoms with Gasteiger partial charge in [-0.25, -0.2) is 8.42 Å². The van der Waals surface area contributed by atoms with Crippen LogP contribution in [0, 0.1) is 0 Å². The summed E-state index contributed by atoms with van der Waals surface area (Å²) in [7, 11) is 1.94. The molecule has 2 aromatic carbocycles. The van der Waals surface area contributed by atoms with E-state index >= 15 is 0 Å². The van der Waals surface area contributed by atoms with Gasteiger partial charge in [0.25, 0.3) is 5.91 Å². The number of hydrogen-bond acceptors (Lipinski definition) is 6. The van der Waals surface area contributed by atoms with Gasteiger partial charge in [-0.05, 0) is 54.1 Å². The summed E-state index contributed by atoms with van der Waals surface area (Å²) in [6.45, 7) is 0.285. The number of ether oxygens (including phenoxy) is 1. The summed E-state index contributed by atoms with van der Waals surface area (Å²) >= 11 is 0. The Kier molecular flexibility index (Phi) is 6.17. The number of rotatable bonds is 7. The maximum atomic E-state index is 13.2. The zero-order valence-corrected chi connectivity index (χ0v) is 18.1. The van der Waals surface area contributed by atoms with Crippen molar-refractivity contribution in [2.75, 3.05) is 37.3 Å². The highest BCUT2D eigenvalue weighted by atomic mass is 32.2. The molecule has 8 heteroatoms. The number of amides is 1. The van der Waals surface area contributed by atoms with Crippen molar-refractivity contribution in [3.63, 3.8) is 0 Å². The molecular formula is C22H24N2O5S. The summed E-state index contributed by atoms with van der Waals surface area (Å²) in [6, 6.07) is 17.6. The lowest BCUT2D eigenvalue weighted by Crippen LogP contribution is -2.30. The standard InChI is InChI=1S/C22H24N2O5S/c1-23(2)17-7-5-16(6-8-17)15-24(18-9-11-19(28-3)12-10-18)22(25)20-13-14-21(29-20)30(4,26)27/h5-14H,15H2,1-4H3. The van der Waals surface area contributed by atoms with Crippen LogP contribution in [0.25, 0.3) is 0 Å². The summed E-state index contributed by atoms with van der Waals surface area (Å²) < 4.78 is 34.0. The number of furan rings is 1. The Morgan fingerprint density at radius 3 is 2.03 bits per heavy atom. The van der Waals surface area contributed by atoms with Gasteiger partial charge in [0.1, 0.15) is 5.75 Å². The van der Waals surface area contributed by atoms with Crippen molar-refractivity contribution >= 4 is 27.1 Å². The Morgan fingerprint density at radius 2 is 1.53 bits per heavy atom. The summed E-state index contributed by atoms with van der Waals surface area (Å²) in [4.78, 5) is 16.7. The zero-order chi connectivity index (χ0) is 21.9. The number of anilines is 2. The first kappa shape index (κ1) is 21.4. The largest absolute Gasteiger partial charge is 0.497 e. The molecule has 0 fully saturated rings. The van der Waals surface area contributed by atoms with E-state index in [2.05, 4.69) is 0 Å². The minimum atomic E-state index is -3.55. The molecule has 0 unspecified atom stereocenters. The molecule has 0 bridgehead atoms. The molecule has 30 heavy (non-hydrogen) atoms. The molecule has 7 nitrogen and oxygen atoms in total. The summed E-state index contributed by atoms with van der Waals surface area (Å²) in [5.74, 6) is 0.182. The van der Waals surface area contributed by atoms with Gasteiger partial charge in [0.15, 0.2) is 5.76 Å². The van der Waals surface area contributed by atoms with Crippen molar-refractivity contribution < 1.29 is 22.4 Å². The Labute approximate surface area is 176 Å². The van der Waals surface area contributed by atoms with Crippen molar-refractivity contribution in [3.8, 4) is 5.75 Å². The maximum Gasteiger partial charge on any atom is 0.294 e. The monoisotopic (exact) mass is 428 g/mol. The van der Waals surface area contributed by atoms with Crippen molar-refractivity contribution in [1.82, 2.24) is 0 Å². The maximum absolute atomic E-state index is 13.2. The molecule has 3 rings (SSSR count). The third-order valence-corrected chi connectivity index (χ3v) is 5.53. The molecule has 3 aromatic rings. The lowest BCUT2D eigenvalue weighted by Gasteiger charge is -2.23. The van der Waals surface area contributed by atoms with E-state index in [0.717, 1.165) is 17.5 Å². The summed E-state index contributed by atoms with van der Waals surface area (Å²) in [6.07, 6.45) is 1.04. The van der Waals surface area contributed by atoms with Crippen LogP contribution in [0.1, 0.15) is 16.1 Å². The van der Waals surface area contributed by atoms with Crippen LogP contribution < -0.4 is 14.5 Å². The Morgan fingerprint density at radius 1 is 0.933 bits per heavy atom. The number of sulfone groups is 1. The van der Waals surface area contributed by atoms with Gasteiger partial charge in [-0.1, -0.05) is 12.1 Å². The highest BCUT2D eigenvalue weighted by Crippen LogP contribution is 2.25. The molecule has 0 atom stereocenters. The topological polar surface area (TPSA) is 80.1 Å². The van der Waals surface area contributed by atoms with Gasteiger partial charge < -0.3 is 19.0 Å². The lowest BCUT2D eigenvalue weighted by atomic mass is 10.1. The van der Waals surface area contributed by atoms with E-state index in [1.54, 1.807) is 31.4 Å². The molecule has 0 aliphatic heterocycles. The first-order valence-corrected chi connectivity index (χ1v) is 11.1. The normalized spacial score (nSPS) is 11.2. The van der Waals surface area contributed by atoms with Crippen molar-refractivity contribution in [1.29, 1.82) is 0 Å². The molecule has 158 valence electrons. The van der Waals surface area contributed by atoms with Gasteiger partial charge in [-0.2, -0.15) is 0 Å². The Balaban J connectivity index is 1.95. The van der Waals surface area contributed by atoms with Crippen LogP contribution in [-0.4, -0.2) is 41.8 Å². The molecule has 0 N–H and O–H groups in total. The average Bonchev–Trinajstić information content (AvgIpc) is 3.23. The Hall–Kier alpha value is -3.26. The predicted molar refractivity (Wildman–Crippen MR) is 116 cm³/mol. The lowest BCUT2D eigenvalue weighted by molar-refractivity contribution is 0.0953. The minimum absolute atomic E-state index is 0.0452. The van der Waals surface area contributed by atoms with Crippen LogP contribution >= 0.6 is 0 Å². The summed E-state index contributed by atoms with van der Waals surface area (Å²) in [5.41, 5.74) is 2.60. The highest BCUT2D eigenvalue weighted by molar-refractivity contribution is 7.90. The van der Waals surface area contributed by atoms with Gasteiger partial charge in [0.05, 0.1) is 13.7 Å². The van der Waals surface area contributed by atoms with Crippen molar-refractivity contribution in [2.24, 2.45) is 0 Å². The third kappa shape index (κ3) is 4.83. The molecule has 0 spiro atoms. The van der Waals surface area contributed by atoms with E-state index in [4.69, 9.17) is 9.15 Å². The molecule has 0 saturated heterocycles. The van der Waals surface area contributed by atoms with E-state index in [1.807, 2.05) is 43.3 Å². The van der Waals surface area contributed by atoms with E-state index in [1.165, 1.54) is 17.0 Å². The quantitative estimate of drug-likeness (QED) is 0.572. The zero-order valence-electron chi connectivity index (χ0n) is 17.3. The van der Waals surface area contributed by atoms with Gasteiger partial charge in [0.2, 0.25) is 14.9 Å². The fourth-order valence-electron chi connectivity index (χ4n) is 2.89. The van der Waals surface area contributed by atoms with E-state index in [9.17, 15) is 13.2 Å². The number of methoxy groups -OCH3 is 1. The smallest absolute Gasteiger partial charge is 0.294 e. The number of carbonyl (C=O) groups excluding carboxylic acids is 1. The molecule has 0 radical (unpaired) electrons. The fourth-order valence-corrected chi connectivity index (χ4v) is 3.45. The van der Waals surface area contributed by atoms with E-state index in [0.29, 0.717) is 11.4 Å². The van der Waals surface area contributed by atoms with Gasteiger partial charge in [-0.15, -0.1) is 0 Å². The number of nitrogens with zero attached hydrogens (tertiary/aromatic N) is 2. The first-order valence-electron chi connectivity index (χ1n) is 9.21. The second-order valence-electron chi connectivity index (χ2n) is 7.04. The van der Waals surface area contributed by atoms with Crippen molar-refractivity contribution in [3.05, 3.63) is 72.0 Å². The third-order valence-electron chi connectivity index (χ3n) is 4.58. The highest BCUT2D eigenvalue weighted by Gasteiger charge is 2.23. The van der Waals surface area contributed by atoms with Crippen molar-refractivity contribution in [2.45, 2.75) is 11.6 Å². The van der Waals surface area contributed by atoms with E-state index in [-0.39, 0.29) is 17.4 Å². The van der Waals surface area contributed by atoms with Gasteiger partial charge in [0, 0.05) is 31.7 Å². The van der Waals surface area contributed by atoms with Crippen LogP contribution in [0.15, 0.2) is 70.2 Å². The minimum Gasteiger partial charge on any atom is -0.497 e. The van der Waals surface area contributed by atoms with Crippen LogP contribution in [0.2, 0.25) is 0 Å². The van der Waals surface area contributed by atoms with Crippen LogP contribution in [-0.2, 0) is 16.4 Å². The molecule has 1 heterocycles. The first-order chi connectivity index (χ1) is 14.2. The van der Waals surface area contributed by atoms with E-state index < -0.39 is 15.7 Å². The molecule has 0 aliphatic carbocycles. The van der Waals surface area contributed by atoms with Gasteiger partial charge >= 0.3 is 0 Å². The van der Waals surface area contributed by atoms with Crippen LogP contribution in [0.3, 0.4) is 0 Å². The molecule has 0 saturated carbocycles. The Bertz CT molecular complexity index is 1120. The number of benzene rings is 2. The second kappa shape index (κ2) is 8.62. The molecule has 1 amide bonds. The number of hydrogen-bond donors (Lipinski definition) is 0. The van der Waals surface area contributed by atoms with Crippen LogP contribution in [0.5, 0.6) is 5.75 Å². The van der Waals surface area contributed by atoms with Crippen LogP contribution in [0.4, 0.5) is 11.4 Å². The summed E-state index contributed by atoms with van der Waals surface area (Å²) in [5, 5.41) is -0.240. The molecule has 0 aliphatic rings. The molecule has 1 aromatic heterocycles. The predicted octanol–water partition coefficient (Wildman–Crippen LogP) is 3.60. The average molecular weight is 429 g/mol. The number of carbonyl (C=O) groups is 1. The SMILES string of the molecule is COc1ccc(N(Cc2ccc(N(C)C)cc2)C(=O)c2ccc(S(C)(=O)=O)o2)cc1. The van der Waals surface area contributed by atoms with Gasteiger partial charge in [-0.3, -0.25) is 4.79 Å². The second-order valence-corrected chi connectivity index (χ2v) is 8.99. The molecular weight excluding hydrogens is 404 g/mol.